The first-order valence-electron chi connectivity index (χ1n) is 7.74. The van der Waals surface area contributed by atoms with Crippen LogP contribution in [0.4, 0.5) is 0 Å². The van der Waals surface area contributed by atoms with Gasteiger partial charge in [0.15, 0.2) is 0 Å². The van der Waals surface area contributed by atoms with Crippen LogP contribution in [0.2, 0.25) is 0 Å². The van der Waals surface area contributed by atoms with Gasteiger partial charge in [0.25, 0.3) is 0 Å². The third-order valence-electron chi connectivity index (χ3n) is 4.21. The summed E-state index contributed by atoms with van der Waals surface area (Å²) in [6, 6.07) is 1.43. The second-order valence-corrected chi connectivity index (χ2v) is 5.46. The zero-order valence-corrected chi connectivity index (χ0v) is 12.2. The number of nitrogens with one attached hydrogen (secondary N) is 1. The minimum Gasteiger partial charge on any atom is -0.315 e. The van der Waals surface area contributed by atoms with E-state index in [1.165, 1.54) is 64.5 Å². The second kappa shape index (κ2) is 8.93. The van der Waals surface area contributed by atoms with E-state index in [1.807, 2.05) is 0 Å². The number of likely N-dealkylation sites (tertiary alicyclic amines) is 1. The summed E-state index contributed by atoms with van der Waals surface area (Å²) in [7, 11) is 2.13. The van der Waals surface area contributed by atoms with Gasteiger partial charge in [-0.3, -0.25) is 4.90 Å². The molecule has 2 nitrogen and oxygen atoms in total. The van der Waals surface area contributed by atoms with Crippen LogP contribution in [0.5, 0.6) is 0 Å². The number of hydrogen-bond donors (Lipinski definition) is 1. The van der Waals surface area contributed by atoms with Gasteiger partial charge in [-0.25, -0.2) is 0 Å². The Morgan fingerprint density at radius 1 is 1.00 bits per heavy atom. The first-order chi connectivity index (χ1) is 8.33. The van der Waals surface area contributed by atoms with Crippen LogP contribution in [0.3, 0.4) is 0 Å². The molecule has 1 saturated heterocycles. The molecule has 2 unspecified atom stereocenters. The van der Waals surface area contributed by atoms with Crippen molar-refractivity contribution < 1.29 is 0 Å². The molecule has 0 spiro atoms. The molecule has 0 aromatic heterocycles. The van der Waals surface area contributed by atoms with Gasteiger partial charge >= 0.3 is 0 Å². The minimum atomic E-state index is 0.685. The molecule has 1 N–H and O–H groups in total. The first-order valence-corrected chi connectivity index (χ1v) is 7.74. The average molecular weight is 240 g/mol. The van der Waals surface area contributed by atoms with E-state index < -0.39 is 0 Å². The molecule has 2 heteroatoms. The van der Waals surface area contributed by atoms with Crippen LogP contribution in [0.25, 0.3) is 0 Å². The maximum absolute atomic E-state index is 3.55. The van der Waals surface area contributed by atoms with Crippen LogP contribution in [0.1, 0.15) is 65.2 Å². The molecule has 0 aromatic rings. The van der Waals surface area contributed by atoms with Crippen LogP contribution >= 0.6 is 0 Å². The smallest absolute Gasteiger partial charge is 0.0246 e. The summed E-state index contributed by atoms with van der Waals surface area (Å²) in [5.41, 5.74) is 0. The highest BCUT2D eigenvalue weighted by Gasteiger charge is 2.24. The Balaban J connectivity index is 2.55. The summed E-state index contributed by atoms with van der Waals surface area (Å²) >= 11 is 0. The van der Waals surface area contributed by atoms with Gasteiger partial charge < -0.3 is 5.32 Å². The van der Waals surface area contributed by atoms with Crippen LogP contribution in [-0.2, 0) is 0 Å². The first kappa shape index (κ1) is 15.0. The molecule has 102 valence electrons. The number of rotatable bonds is 6. The third-order valence-corrected chi connectivity index (χ3v) is 4.21. The summed E-state index contributed by atoms with van der Waals surface area (Å²) in [6.45, 7) is 7.29. The Hall–Kier alpha value is -0.0800. The zero-order valence-electron chi connectivity index (χ0n) is 12.2. The Morgan fingerprint density at radius 3 is 2.06 bits per heavy atom. The van der Waals surface area contributed by atoms with Crippen molar-refractivity contribution in [2.45, 2.75) is 77.3 Å². The van der Waals surface area contributed by atoms with Gasteiger partial charge in [-0.1, -0.05) is 39.5 Å². The van der Waals surface area contributed by atoms with Gasteiger partial charge in [-0.15, -0.1) is 0 Å². The van der Waals surface area contributed by atoms with Crippen LogP contribution < -0.4 is 5.32 Å². The van der Waals surface area contributed by atoms with Crippen molar-refractivity contribution in [3.8, 4) is 0 Å². The molecule has 2 atom stereocenters. The van der Waals surface area contributed by atoms with Crippen molar-refractivity contribution in [2.75, 3.05) is 20.1 Å². The molecule has 0 aliphatic carbocycles. The molecule has 17 heavy (non-hydrogen) atoms. The lowest BCUT2D eigenvalue weighted by Crippen LogP contribution is -2.49. The molecule has 1 aliphatic rings. The van der Waals surface area contributed by atoms with Gasteiger partial charge in [0.2, 0.25) is 0 Å². The van der Waals surface area contributed by atoms with Crippen LogP contribution in [0, 0.1) is 0 Å². The Kier molecular flexibility index (Phi) is 7.87. The predicted octanol–water partition coefficient (Wildman–Crippen LogP) is 3.42. The van der Waals surface area contributed by atoms with E-state index in [0.29, 0.717) is 6.04 Å². The van der Waals surface area contributed by atoms with Gasteiger partial charge in [0.1, 0.15) is 0 Å². The third kappa shape index (κ3) is 4.97. The van der Waals surface area contributed by atoms with Gasteiger partial charge in [0.05, 0.1) is 0 Å². The monoisotopic (exact) mass is 240 g/mol. The lowest BCUT2D eigenvalue weighted by Gasteiger charge is -2.37. The van der Waals surface area contributed by atoms with E-state index >= 15 is 0 Å². The van der Waals surface area contributed by atoms with E-state index in [-0.39, 0.29) is 0 Å². The average Bonchev–Trinajstić information content (AvgIpc) is 2.30. The normalized spacial score (nSPS) is 22.8. The van der Waals surface area contributed by atoms with Gasteiger partial charge in [-0.05, 0) is 45.8 Å². The van der Waals surface area contributed by atoms with Crippen molar-refractivity contribution in [3.63, 3.8) is 0 Å². The van der Waals surface area contributed by atoms with E-state index in [2.05, 4.69) is 31.1 Å². The van der Waals surface area contributed by atoms with Crippen molar-refractivity contribution in [2.24, 2.45) is 0 Å². The largest absolute Gasteiger partial charge is 0.315 e. The second-order valence-electron chi connectivity index (χ2n) is 5.46. The summed E-state index contributed by atoms with van der Waals surface area (Å²) < 4.78 is 0. The minimum absolute atomic E-state index is 0.685. The summed E-state index contributed by atoms with van der Waals surface area (Å²) in [4.78, 5) is 2.76. The number of likely N-dealkylation sites (N-methyl/N-ethyl adjacent to an activating group) is 1. The Bertz CT molecular complexity index is 174. The molecular weight excluding hydrogens is 208 g/mol. The standard InChI is InChI=1S/C15H32N2/c1-4-11-14(16-3)15(5-2)17-12-9-7-6-8-10-13-17/h14-16H,4-13H2,1-3H3. The highest BCUT2D eigenvalue weighted by molar-refractivity contribution is 4.83. The molecule has 1 rings (SSSR count). The summed E-state index contributed by atoms with van der Waals surface area (Å²) in [5, 5.41) is 3.55. The van der Waals surface area contributed by atoms with Gasteiger partial charge in [-0.2, -0.15) is 0 Å². The molecule has 0 bridgehead atoms. The molecular formula is C15H32N2. The lowest BCUT2D eigenvalue weighted by atomic mass is 9.97. The molecule has 0 saturated carbocycles. The van der Waals surface area contributed by atoms with Crippen molar-refractivity contribution in [1.29, 1.82) is 0 Å². The maximum atomic E-state index is 3.55. The molecule has 1 heterocycles. The molecule has 0 aromatic carbocycles. The molecule has 1 aliphatic heterocycles. The quantitative estimate of drug-likeness (QED) is 0.765. The Labute approximate surface area is 108 Å². The summed E-state index contributed by atoms with van der Waals surface area (Å²) in [6.07, 6.45) is 11.0. The van der Waals surface area contributed by atoms with E-state index in [0.717, 1.165) is 6.04 Å². The molecule has 0 radical (unpaired) electrons. The fourth-order valence-corrected chi connectivity index (χ4v) is 3.24. The van der Waals surface area contributed by atoms with Crippen molar-refractivity contribution in [1.82, 2.24) is 10.2 Å². The van der Waals surface area contributed by atoms with E-state index in [1.54, 1.807) is 0 Å². The molecule has 0 amide bonds. The SMILES string of the molecule is CCCC(NC)C(CC)N1CCCCCCC1. The number of hydrogen-bond acceptors (Lipinski definition) is 2. The lowest BCUT2D eigenvalue weighted by molar-refractivity contribution is 0.137. The van der Waals surface area contributed by atoms with Crippen molar-refractivity contribution >= 4 is 0 Å². The van der Waals surface area contributed by atoms with Crippen molar-refractivity contribution in [3.05, 3.63) is 0 Å². The molecule has 1 fully saturated rings. The maximum Gasteiger partial charge on any atom is 0.0246 e. The number of nitrogens with zero attached hydrogens (tertiary/aromatic N) is 1. The topological polar surface area (TPSA) is 15.3 Å². The van der Waals surface area contributed by atoms with E-state index in [4.69, 9.17) is 0 Å². The predicted molar refractivity (Wildman–Crippen MR) is 76.5 cm³/mol. The zero-order chi connectivity index (χ0) is 12.5. The van der Waals surface area contributed by atoms with E-state index in [9.17, 15) is 0 Å². The van der Waals surface area contributed by atoms with Gasteiger partial charge in [0, 0.05) is 12.1 Å². The fraction of sp³-hybridized carbons (Fsp3) is 1.00. The highest BCUT2D eigenvalue weighted by atomic mass is 15.2. The fourth-order valence-electron chi connectivity index (χ4n) is 3.24. The van der Waals surface area contributed by atoms with Crippen LogP contribution in [0.15, 0.2) is 0 Å². The Morgan fingerprint density at radius 2 is 1.59 bits per heavy atom. The summed E-state index contributed by atoms with van der Waals surface area (Å²) in [5.74, 6) is 0. The highest BCUT2D eigenvalue weighted by Crippen LogP contribution is 2.18. The van der Waals surface area contributed by atoms with Crippen LogP contribution in [-0.4, -0.2) is 37.1 Å².